The van der Waals surface area contributed by atoms with Gasteiger partial charge < -0.3 is 0 Å². The number of hydrogen-bond donors (Lipinski definition) is 0. The predicted molar refractivity (Wildman–Crippen MR) is 85.0 cm³/mol. The molecule has 2 aromatic carbocycles. The van der Waals surface area contributed by atoms with Crippen LogP contribution < -0.4 is 0 Å². The number of isocyanates is 1. The number of fused-ring (bicyclic) bond motifs is 3. The van der Waals surface area contributed by atoms with Gasteiger partial charge in [-0.1, -0.05) is 18.2 Å². The van der Waals surface area contributed by atoms with Crippen LogP contribution in [0.1, 0.15) is 23.0 Å². The Bertz CT molecular complexity index is 1000. The number of hydrogen-bond acceptors (Lipinski definition) is 5. The highest BCUT2D eigenvalue weighted by molar-refractivity contribution is 5.78. The molecule has 3 aromatic rings. The number of carbonyl (C=O) groups excluding carboxylic acids is 1. The molecule has 1 unspecified atom stereocenters. The fourth-order valence-corrected chi connectivity index (χ4v) is 2.79. The molecule has 116 valence electrons. The first-order valence-corrected chi connectivity index (χ1v) is 7.18. The first kappa shape index (κ1) is 14.2. The van der Waals surface area contributed by atoms with Crippen LogP contribution in [0.25, 0.3) is 5.69 Å². The molecule has 0 radical (unpaired) electrons. The van der Waals surface area contributed by atoms with Crippen LogP contribution in [0.2, 0.25) is 0 Å². The number of halogens is 1. The Labute approximate surface area is 136 Å². The van der Waals surface area contributed by atoms with E-state index in [0.717, 1.165) is 5.69 Å². The van der Waals surface area contributed by atoms with E-state index in [1.54, 1.807) is 53.5 Å². The summed E-state index contributed by atoms with van der Waals surface area (Å²) in [6.45, 7) is 0. The molecule has 0 saturated heterocycles. The van der Waals surface area contributed by atoms with Gasteiger partial charge in [-0.3, -0.25) is 9.56 Å². The average molecular weight is 319 g/mol. The first-order valence-electron chi connectivity index (χ1n) is 7.18. The number of aromatic nitrogens is 3. The van der Waals surface area contributed by atoms with Crippen LogP contribution in [-0.4, -0.2) is 27.1 Å². The van der Waals surface area contributed by atoms with E-state index in [1.165, 1.54) is 12.1 Å². The van der Waals surface area contributed by atoms with Gasteiger partial charge in [0, 0.05) is 11.1 Å². The van der Waals surface area contributed by atoms with Crippen molar-refractivity contribution in [3.05, 3.63) is 71.6 Å². The fraction of sp³-hybridized carbons (Fsp3) is 0.0588. The normalized spacial score (nSPS) is 15.1. The molecule has 0 saturated carbocycles. The van der Waals surface area contributed by atoms with Crippen molar-refractivity contribution in [3.8, 4) is 5.69 Å². The summed E-state index contributed by atoms with van der Waals surface area (Å²) in [4.78, 5) is 18.7. The van der Waals surface area contributed by atoms with Crippen LogP contribution in [0.5, 0.6) is 0 Å². The van der Waals surface area contributed by atoms with Crippen LogP contribution in [0.15, 0.2) is 58.8 Å². The summed E-state index contributed by atoms with van der Waals surface area (Å²) in [6.07, 6.45) is 4.64. The summed E-state index contributed by atoms with van der Waals surface area (Å²) >= 11 is 0. The van der Waals surface area contributed by atoms with E-state index in [-0.39, 0.29) is 5.82 Å². The Hall–Kier alpha value is -3.44. The molecule has 0 fully saturated rings. The third-order valence-electron chi connectivity index (χ3n) is 3.85. The van der Waals surface area contributed by atoms with Crippen molar-refractivity contribution in [2.45, 2.75) is 6.04 Å². The lowest BCUT2D eigenvalue weighted by Crippen LogP contribution is -2.04. The molecule has 2 heterocycles. The number of aliphatic imine (C=N–C) groups is 2. The van der Waals surface area contributed by atoms with E-state index in [9.17, 15) is 9.18 Å². The average Bonchev–Trinajstić information content (AvgIpc) is 3.00. The van der Waals surface area contributed by atoms with Crippen LogP contribution in [0.4, 0.5) is 10.1 Å². The molecule has 0 N–H and O–H groups in total. The fourth-order valence-electron chi connectivity index (χ4n) is 2.79. The van der Waals surface area contributed by atoms with Gasteiger partial charge in [0.2, 0.25) is 6.08 Å². The third-order valence-corrected chi connectivity index (χ3v) is 3.85. The molecule has 1 aromatic heterocycles. The number of nitrogens with zero attached hydrogens (tertiary/aromatic N) is 5. The number of rotatable bonds is 2. The van der Waals surface area contributed by atoms with Crippen molar-refractivity contribution in [1.29, 1.82) is 0 Å². The van der Waals surface area contributed by atoms with E-state index < -0.39 is 6.04 Å². The van der Waals surface area contributed by atoms with Gasteiger partial charge in [-0.25, -0.2) is 9.18 Å². The molecule has 1 aliphatic heterocycles. The molecule has 1 atom stereocenters. The van der Waals surface area contributed by atoms with Crippen molar-refractivity contribution in [2.24, 2.45) is 9.98 Å². The number of benzene rings is 2. The zero-order valence-electron chi connectivity index (χ0n) is 12.3. The minimum Gasteiger partial charge on any atom is -0.280 e. The van der Waals surface area contributed by atoms with E-state index in [0.29, 0.717) is 22.6 Å². The summed E-state index contributed by atoms with van der Waals surface area (Å²) in [5.41, 5.74) is 2.31. The SMILES string of the molecule is O=C=Nc1ccc2c(c1)C(c1ccccc1F)N=Cc1nncn1-2. The maximum absolute atomic E-state index is 14.3. The molecule has 0 amide bonds. The van der Waals surface area contributed by atoms with Gasteiger partial charge in [0.25, 0.3) is 0 Å². The van der Waals surface area contributed by atoms with Crippen molar-refractivity contribution in [2.75, 3.05) is 0 Å². The van der Waals surface area contributed by atoms with Gasteiger partial charge in [0.1, 0.15) is 18.2 Å². The van der Waals surface area contributed by atoms with Crippen LogP contribution in [-0.2, 0) is 4.79 Å². The summed E-state index contributed by atoms with van der Waals surface area (Å²) in [5.74, 6) is 0.189. The van der Waals surface area contributed by atoms with E-state index in [4.69, 9.17) is 0 Å². The van der Waals surface area contributed by atoms with Gasteiger partial charge in [-0.2, -0.15) is 4.99 Å². The molecule has 7 heteroatoms. The zero-order valence-corrected chi connectivity index (χ0v) is 12.3. The molecular weight excluding hydrogens is 309 g/mol. The van der Waals surface area contributed by atoms with Gasteiger partial charge >= 0.3 is 0 Å². The van der Waals surface area contributed by atoms with Crippen molar-refractivity contribution in [3.63, 3.8) is 0 Å². The Morgan fingerprint density at radius 3 is 2.88 bits per heavy atom. The summed E-state index contributed by atoms with van der Waals surface area (Å²) < 4.78 is 16.1. The Kier molecular flexibility index (Phi) is 3.33. The molecule has 6 nitrogen and oxygen atoms in total. The maximum Gasteiger partial charge on any atom is 0.240 e. The minimum atomic E-state index is -0.579. The molecule has 0 bridgehead atoms. The summed E-state index contributed by atoms with van der Waals surface area (Å²) in [7, 11) is 0. The Balaban J connectivity index is 1.99. The van der Waals surface area contributed by atoms with Gasteiger partial charge in [0.15, 0.2) is 5.82 Å². The van der Waals surface area contributed by atoms with Crippen LogP contribution >= 0.6 is 0 Å². The third kappa shape index (κ3) is 2.24. The van der Waals surface area contributed by atoms with Crippen molar-refractivity contribution < 1.29 is 9.18 Å². The standard InChI is InChI=1S/C17H10FN5O/c18-14-4-2-1-3-12(14)17-13-7-11(20-10-24)5-6-15(13)23-9-21-22-16(23)8-19-17/h1-9,17H. The molecule has 0 spiro atoms. The quantitative estimate of drug-likeness (QED) is 0.538. The molecular formula is C17H10FN5O. The van der Waals surface area contributed by atoms with Crippen LogP contribution in [0.3, 0.4) is 0 Å². The van der Waals surface area contributed by atoms with E-state index in [2.05, 4.69) is 20.2 Å². The largest absolute Gasteiger partial charge is 0.280 e. The second-order valence-electron chi connectivity index (χ2n) is 5.21. The second kappa shape index (κ2) is 5.64. The van der Waals surface area contributed by atoms with Gasteiger partial charge in [-0.05, 0) is 24.3 Å². The zero-order chi connectivity index (χ0) is 16.5. The topological polar surface area (TPSA) is 72.5 Å². The van der Waals surface area contributed by atoms with E-state index >= 15 is 0 Å². The molecule has 1 aliphatic rings. The highest BCUT2D eigenvalue weighted by Gasteiger charge is 2.24. The molecule has 24 heavy (non-hydrogen) atoms. The lowest BCUT2D eigenvalue weighted by molar-refractivity contribution is 0.565. The smallest absolute Gasteiger partial charge is 0.240 e. The first-order chi connectivity index (χ1) is 11.8. The lowest BCUT2D eigenvalue weighted by Gasteiger charge is -2.17. The molecule has 0 aliphatic carbocycles. The van der Waals surface area contributed by atoms with Gasteiger partial charge in [0.05, 0.1) is 17.6 Å². The Morgan fingerprint density at radius 1 is 1.17 bits per heavy atom. The predicted octanol–water partition coefficient (Wildman–Crippen LogP) is 2.90. The van der Waals surface area contributed by atoms with E-state index in [1.807, 2.05) is 0 Å². The summed E-state index contributed by atoms with van der Waals surface area (Å²) in [5, 5.41) is 7.89. The lowest BCUT2D eigenvalue weighted by atomic mass is 9.96. The second-order valence-corrected chi connectivity index (χ2v) is 5.21. The van der Waals surface area contributed by atoms with Crippen molar-refractivity contribution >= 4 is 18.0 Å². The van der Waals surface area contributed by atoms with Gasteiger partial charge in [-0.15, -0.1) is 10.2 Å². The molecule has 4 rings (SSSR count). The highest BCUT2D eigenvalue weighted by Crippen LogP contribution is 2.36. The minimum absolute atomic E-state index is 0.354. The highest BCUT2D eigenvalue weighted by atomic mass is 19.1. The maximum atomic E-state index is 14.3. The summed E-state index contributed by atoms with van der Waals surface area (Å²) in [6, 6.07) is 11.0. The monoisotopic (exact) mass is 319 g/mol. The van der Waals surface area contributed by atoms with Crippen molar-refractivity contribution in [1.82, 2.24) is 14.8 Å². The van der Waals surface area contributed by atoms with Crippen LogP contribution in [0, 0.1) is 5.82 Å². The Morgan fingerprint density at radius 2 is 2.04 bits per heavy atom.